The minimum Gasteiger partial charge on any atom is -0.326 e. The van der Waals surface area contributed by atoms with Crippen LogP contribution in [0.25, 0.3) is 0 Å². The lowest BCUT2D eigenvalue weighted by Crippen LogP contribution is -2.15. The highest BCUT2D eigenvalue weighted by Gasteiger charge is 2.17. The van der Waals surface area contributed by atoms with Crippen molar-refractivity contribution in [2.45, 2.75) is 11.4 Å². The molecule has 0 aliphatic rings. The number of sulfonamides is 1. The number of hydrogen-bond donors (Lipinski definition) is 2. The Morgan fingerprint density at radius 2 is 2.10 bits per heavy atom. The van der Waals surface area contributed by atoms with Crippen LogP contribution in [0.3, 0.4) is 0 Å². The second-order valence-electron chi connectivity index (χ2n) is 3.90. The number of nitrogens with two attached hydrogens (primary N) is 1. The molecule has 0 bridgehead atoms. The van der Waals surface area contributed by atoms with E-state index in [1.54, 1.807) is 12.1 Å². The Morgan fingerprint density at radius 1 is 1.35 bits per heavy atom. The summed E-state index contributed by atoms with van der Waals surface area (Å²) >= 11 is 3.19. The summed E-state index contributed by atoms with van der Waals surface area (Å²) in [6.45, 7) is -0.0809. The van der Waals surface area contributed by atoms with Gasteiger partial charge >= 0.3 is 0 Å². The molecule has 20 heavy (non-hydrogen) atoms. The van der Waals surface area contributed by atoms with E-state index in [1.165, 1.54) is 18.3 Å². The van der Waals surface area contributed by atoms with Crippen LogP contribution in [0, 0.1) is 5.82 Å². The molecular weight excluding hydrogens is 349 g/mol. The molecule has 0 amide bonds. The molecule has 0 radical (unpaired) electrons. The van der Waals surface area contributed by atoms with Crippen molar-refractivity contribution in [1.82, 2.24) is 4.98 Å². The number of pyridine rings is 1. The fourth-order valence-electron chi connectivity index (χ4n) is 1.52. The summed E-state index contributed by atoms with van der Waals surface area (Å²) in [7, 11) is -3.85. The van der Waals surface area contributed by atoms with E-state index in [-0.39, 0.29) is 22.8 Å². The molecular formula is C12H11BrFN3O2S. The average Bonchev–Trinajstić information content (AvgIpc) is 2.41. The predicted octanol–water partition coefficient (Wildman–Crippen LogP) is 2.24. The van der Waals surface area contributed by atoms with Crippen molar-refractivity contribution in [2.24, 2.45) is 5.73 Å². The van der Waals surface area contributed by atoms with E-state index in [2.05, 4.69) is 25.6 Å². The van der Waals surface area contributed by atoms with Gasteiger partial charge in [-0.1, -0.05) is 0 Å². The van der Waals surface area contributed by atoms with Crippen LogP contribution in [0.5, 0.6) is 0 Å². The van der Waals surface area contributed by atoms with Crippen LogP contribution in [0.15, 0.2) is 45.9 Å². The maximum atomic E-state index is 13.3. The van der Waals surface area contributed by atoms with Crippen molar-refractivity contribution in [3.8, 4) is 0 Å². The molecule has 5 nitrogen and oxygen atoms in total. The fraction of sp³-hybridized carbons (Fsp3) is 0.0833. The standard InChI is InChI=1S/C12H11BrFN3O2S/c13-10-2-1-5-16-12(10)17-20(18,19)9-3-4-11(14)8(6-9)7-15/h1-6H,7,15H2,(H,16,17). The van der Waals surface area contributed by atoms with E-state index in [4.69, 9.17) is 5.73 Å². The number of benzene rings is 1. The van der Waals surface area contributed by atoms with Gasteiger partial charge in [0.25, 0.3) is 10.0 Å². The number of nitrogens with one attached hydrogen (secondary N) is 1. The number of aromatic nitrogens is 1. The van der Waals surface area contributed by atoms with Gasteiger partial charge in [-0.2, -0.15) is 0 Å². The van der Waals surface area contributed by atoms with Crippen molar-refractivity contribution in [2.75, 3.05) is 4.72 Å². The molecule has 3 N–H and O–H groups in total. The van der Waals surface area contributed by atoms with Crippen LogP contribution < -0.4 is 10.5 Å². The maximum Gasteiger partial charge on any atom is 0.263 e. The maximum absolute atomic E-state index is 13.3. The van der Waals surface area contributed by atoms with E-state index in [0.717, 1.165) is 6.07 Å². The van der Waals surface area contributed by atoms with Crippen molar-refractivity contribution < 1.29 is 12.8 Å². The fourth-order valence-corrected chi connectivity index (χ4v) is 3.09. The molecule has 8 heteroatoms. The number of anilines is 1. The molecule has 106 valence electrons. The van der Waals surface area contributed by atoms with Gasteiger partial charge in [0.15, 0.2) is 5.82 Å². The lowest BCUT2D eigenvalue weighted by atomic mass is 10.2. The van der Waals surface area contributed by atoms with Crippen molar-refractivity contribution in [1.29, 1.82) is 0 Å². The molecule has 0 saturated heterocycles. The summed E-state index contributed by atoms with van der Waals surface area (Å²) in [6.07, 6.45) is 1.46. The predicted molar refractivity (Wildman–Crippen MR) is 77.0 cm³/mol. The third-order valence-corrected chi connectivity index (χ3v) is 4.51. The third kappa shape index (κ3) is 3.14. The zero-order chi connectivity index (χ0) is 14.8. The van der Waals surface area contributed by atoms with E-state index in [0.29, 0.717) is 4.47 Å². The molecule has 0 fully saturated rings. The molecule has 1 aromatic heterocycles. The van der Waals surface area contributed by atoms with Crippen LogP contribution in [-0.4, -0.2) is 13.4 Å². The molecule has 0 atom stereocenters. The first kappa shape index (κ1) is 14.9. The summed E-state index contributed by atoms with van der Waals surface area (Å²) in [6, 6.07) is 6.76. The van der Waals surface area contributed by atoms with Gasteiger partial charge in [-0.05, 0) is 46.3 Å². The van der Waals surface area contributed by atoms with E-state index in [1.807, 2.05) is 0 Å². The zero-order valence-electron chi connectivity index (χ0n) is 10.2. The Morgan fingerprint density at radius 3 is 2.75 bits per heavy atom. The quantitative estimate of drug-likeness (QED) is 0.876. The first-order valence-corrected chi connectivity index (χ1v) is 7.83. The molecule has 1 aromatic carbocycles. The molecule has 0 spiro atoms. The monoisotopic (exact) mass is 359 g/mol. The third-order valence-electron chi connectivity index (χ3n) is 2.54. The number of rotatable bonds is 4. The van der Waals surface area contributed by atoms with Crippen LogP contribution >= 0.6 is 15.9 Å². The van der Waals surface area contributed by atoms with Gasteiger partial charge in [0.2, 0.25) is 0 Å². The minimum atomic E-state index is -3.85. The normalized spacial score (nSPS) is 11.3. The molecule has 2 aromatic rings. The van der Waals surface area contributed by atoms with Crippen molar-refractivity contribution >= 4 is 31.8 Å². The highest BCUT2D eigenvalue weighted by Crippen LogP contribution is 2.23. The molecule has 1 heterocycles. The summed E-state index contributed by atoms with van der Waals surface area (Å²) < 4.78 is 40.6. The first-order valence-electron chi connectivity index (χ1n) is 5.56. The average molecular weight is 360 g/mol. The van der Waals surface area contributed by atoms with E-state index >= 15 is 0 Å². The zero-order valence-corrected chi connectivity index (χ0v) is 12.6. The Labute approximate surface area is 124 Å². The Hall–Kier alpha value is -1.51. The Bertz CT molecular complexity index is 737. The molecule has 0 unspecified atom stereocenters. The van der Waals surface area contributed by atoms with Gasteiger partial charge in [-0.15, -0.1) is 0 Å². The van der Waals surface area contributed by atoms with Crippen LogP contribution in [-0.2, 0) is 16.6 Å². The minimum absolute atomic E-state index is 0.0723. The van der Waals surface area contributed by atoms with Crippen LogP contribution in [0.4, 0.5) is 10.2 Å². The highest BCUT2D eigenvalue weighted by atomic mass is 79.9. The highest BCUT2D eigenvalue weighted by molar-refractivity contribution is 9.10. The number of nitrogens with zero attached hydrogens (tertiary/aromatic N) is 1. The smallest absolute Gasteiger partial charge is 0.263 e. The largest absolute Gasteiger partial charge is 0.326 e. The van der Waals surface area contributed by atoms with Crippen molar-refractivity contribution in [3.05, 3.63) is 52.4 Å². The Balaban J connectivity index is 2.38. The molecule has 0 saturated carbocycles. The summed E-state index contributed by atoms with van der Waals surface area (Å²) in [5.41, 5.74) is 5.50. The van der Waals surface area contributed by atoms with Gasteiger partial charge in [-0.25, -0.2) is 17.8 Å². The lowest BCUT2D eigenvalue weighted by molar-refractivity contribution is 0.596. The van der Waals surface area contributed by atoms with Gasteiger partial charge in [0.05, 0.1) is 9.37 Å². The van der Waals surface area contributed by atoms with Gasteiger partial charge in [-0.3, -0.25) is 4.72 Å². The van der Waals surface area contributed by atoms with Gasteiger partial charge in [0.1, 0.15) is 5.82 Å². The number of hydrogen-bond acceptors (Lipinski definition) is 4. The van der Waals surface area contributed by atoms with E-state index < -0.39 is 15.8 Å². The van der Waals surface area contributed by atoms with Gasteiger partial charge < -0.3 is 5.73 Å². The summed E-state index contributed by atoms with van der Waals surface area (Å²) in [5, 5.41) is 0. The topological polar surface area (TPSA) is 85.1 Å². The molecule has 0 aliphatic heterocycles. The van der Waals surface area contributed by atoms with Gasteiger partial charge in [0, 0.05) is 18.3 Å². The second kappa shape index (κ2) is 5.86. The van der Waals surface area contributed by atoms with Crippen molar-refractivity contribution in [3.63, 3.8) is 0 Å². The molecule has 2 rings (SSSR count). The SMILES string of the molecule is NCc1cc(S(=O)(=O)Nc2ncccc2Br)ccc1F. The lowest BCUT2D eigenvalue weighted by Gasteiger charge is -2.10. The summed E-state index contributed by atoms with van der Waals surface area (Å²) in [5.74, 6) is -0.378. The van der Waals surface area contributed by atoms with E-state index in [9.17, 15) is 12.8 Å². The first-order chi connectivity index (χ1) is 9.44. The second-order valence-corrected chi connectivity index (χ2v) is 6.43. The Kier molecular flexibility index (Phi) is 4.36. The van der Waals surface area contributed by atoms with Crippen LogP contribution in [0.2, 0.25) is 0 Å². The number of halogens is 2. The summed E-state index contributed by atoms with van der Waals surface area (Å²) in [4.78, 5) is 3.84. The molecule has 0 aliphatic carbocycles. The van der Waals surface area contributed by atoms with Crippen LogP contribution in [0.1, 0.15) is 5.56 Å².